The van der Waals surface area contributed by atoms with E-state index in [1.54, 1.807) is 13.0 Å². The zero-order valence-corrected chi connectivity index (χ0v) is 12.7. The van der Waals surface area contributed by atoms with Crippen LogP contribution in [0.2, 0.25) is 5.02 Å². The first-order valence-corrected chi connectivity index (χ1v) is 7.90. The van der Waals surface area contributed by atoms with Gasteiger partial charge in [0.1, 0.15) is 23.1 Å². The SMILES string of the molecule is Cc1ccc(F)cc1COc1ccc(Cl)cc1S(N)(=O)=O. The van der Waals surface area contributed by atoms with Gasteiger partial charge in [0.25, 0.3) is 0 Å². The van der Waals surface area contributed by atoms with Crippen LogP contribution in [0.3, 0.4) is 0 Å². The van der Waals surface area contributed by atoms with Crippen LogP contribution in [0.15, 0.2) is 41.3 Å². The molecular formula is C14H13ClFNO3S. The highest BCUT2D eigenvalue weighted by molar-refractivity contribution is 7.89. The number of ether oxygens (including phenoxy) is 1. The summed E-state index contributed by atoms with van der Waals surface area (Å²) in [5.41, 5.74) is 1.45. The maximum absolute atomic E-state index is 13.2. The fraction of sp³-hybridized carbons (Fsp3) is 0.143. The molecule has 0 aromatic heterocycles. The number of aryl methyl sites for hydroxylation is 1. The molecule has 2 rings (SSSR count). The van der Waals surface area contributed by atoms with Crippen molar-refractivity contribution in [2.24, 2.45) is 5.14 Å². The third-order valence-corrected chi connectivity index (χ3v) is 4.07. The minimum absolute atomic E-state index is 0.0216. The molecule has 112 valence electrons. The monoisotopic (exact) mass is 329 g/mol. The molecule has 0 unspecified atom stereocenters. The largest absolute Gasteiger partial charge is 0.487 e. The number of benzene rings is 2. The van der Waals surface area contributed by atoms with Crippen LogP contribution in [-0.4, -0.2) is 8.42 Å². The molecular weight excluding hydrogens is 317 g/mol. The van der Waals surface area contributed by atoms with Crippen molar-refractivity contribution < 1.29 is 17.5 Å². The first kappa shape index (κ1) is 15.8. The lowest BCUT2D eigenvalue weighted by atomic mass is 10.1. The predicted molar refractivity (Wildman–Crippen MR) is 78.3 cm³/mol. The van der Waals surface area contributed by atoms with Crippen molar-refractivity contribution in [2.45, 2.75) is 18.4 Å². The van der Waals surface area contributed by atoms with Crippen molar-refractivity contribution in [1.82, 2.24) is 0 Å². The second-order valence-corrected chi connectivity index (χ2v) is 6.46. The lowest BCUT2D eigenvalue weighted by Crippen LogP contribution is -2.14. The maximum atomic E-state index is 13.2. The summed E-state index contributed by atoms with van der Waals surface area (Å²) in [7, 11) is -3.96. The lowest BCUT2D eigenvalue weighted by Gasteiger charge is -2.12. The Morgan fingerprint density at radius 2 is 1.95 bits per heavy atom. The zero-order valence-electron chi connectivity index (χ0n) is 11.1. The summed E-state index contributed by atoms with van der Waals surface area (Å²) in [5, 5.41) is 5.35. The molecule has 2 N–H and O–H groups in total. The third kappa shape index (κ3) is 3.93. The van der Waals surface area contributed by atoms with Crippen molar-refractivity contribution in [1.29, 1.82) is 0 Å². The first-order valence-electron chi connectivity index (χ1n) is 5.97. The number of nitrogens with two attached hydrogens (primary N) is 1. The summed E-state index contributed by atoms with van der Waals surface area (Å²) in [5.74, 6) is -0.312. The van der Waals surface area contributed by atoms with Crippen LogP contribution in [0.4, 0.5) is 4.39 Å². The molecule has 2 aromatic carbocycles. The third-order valence-electron chi connectivity index (χ3n) is 2.91. The second-order valence-electron chi connectivity index (χ2n) is 4.50. The van der Waals surface area contributed by atoms with Gasteiger partial charge in [-0.15, -0.1) is 0 Å². The highest BCUT2D eigenvalue weighted by Gasteiger charge is 2.16. The number of sulfonamides is 1. The standard InChI is InChI=1S/C14H13ClFNO3S/c1-9-2-4-12(16)6-10(9)8-20-13-5-3-11(15)7-14(13)21(17,18)19/h2-7H,8H2,1H3,(H2,17,18,19). The number of primary sulfonamides is 1. The quantitative estimate of drug-likeness (QED) is 0.937. The molecule has 0 bridgehead atoms. The molecule has 7 heteroatoms. The van der Waals surface area contributed by atoms with Crippen molar-refractivity contribution in [2.75, 3.05) is 0 Å². The summed E-state index contributed by atoms with van der Waals surface area (Å²) in [6.07, 6.45) is 0. The maximum Gasteiger partial charge on any atom is 0.241 e. The molecule has 4 nitrogen and oxygen atoms in total. The van der Waals surface area contributed by atoms with Gasteiger partial charge in [-0.25, -0.2) is 17.9 Å². The van der Waals surface area contributed by atoms with E-state index in [1.807, 2.05) is 0 Å². The minimum Gasteiger partial charge on any atom is -0.487 e. The van der Waals surface area contributed by atoms with Crippen molar-refractivity contribution in [3.8, 4) is 5.75 Å². The van der Waals surface area contributed by atoms with Gasteiger partial charge in [0.05, 0.1) is 0 Å². The van der Waals surface area contributed by atoms with Gasteiger partial charge < -0.3 is 4.74 Å². The van der Waals surface area contributed by atoms with E-state index in [0.717, 1.165) is 5.56 Å². The van der Waals surface area contributed by atoms with Crippen molar-refractivity contribution in [3.05, 3.63) is 58.4 Å². The Kier molecular flexibility index (Phi) is 4.51. The van der Waals surface area contributed by atoms with E-state index in [1.165, 1.54) is 30.3 Å². The van der Waals surface area contributed by atoms with Crippen molar-refractivity contribution in [3.63, 3.8) is 0 Å². The molecule has 0 spiro atoms. The Bertz CT molecular complexity index is 778. The summed E-state index contributed by atoms with van der Waals surface area (Å²) >= 11 is 5.76. The highest BCUT2D eigenvalue weighted by atomic mass is 35.5. The van der Waals surface area contributed by atoms with Gasteiger partial charge in [0.15, 0.2) is 0 Å². The second kappa shape index (κ2) is 6.01. The molecule has 0 radical (unpaired) electrons. The van der Waals surface area contributed by atoms with Crippen LogP contribution in [0, 0.1) is 12.7 Å². The van der Waals surface area contributed by atoms with Crippen LogP contribution < -0.4 is 9.88 Å². The van der Waals surface area contributed by atoms with Crippen LogP contribution in [0.5, 0.6) is 5.75 Å². The fourth-order valence-electron chi connectivity index (χ4n) is 1.77. The molecule has 0 saturated carbocycles. The average molecular weight is 330 g/mol. The van der Waals surface area contributed by atoms with Crippen LogP contribution in [0.1, 0.15) is 11.1 Å². The van der Waals surface area contributed by atoms with E-state index in [9.17, 15) is 12.8 Å². The molecule has 0 atom stereocenters. The Morgan fingerprint density at radius 1 is 1.24 bits per heavy atom. The predicted octanol–water partition coefficient (Wildman–Crippen LogP) is 3.01. The van der Waals surface area contributed by atoms with Crippen LogP contribution in [-0.2, 0) is 16.6 Å². The molecule has 0 amide bonds. The number of hydrogen-bond donors (Lipinski definition) is 1. The average Bonchev–Trinajstić information content (AvgIpc) is 2.40. The summed E-state index contributed by atoms with van der Waals surface area (Å²) < 4.78 is 41.7. The molecule has 2 aromatic rings. The van der Waals surface area contributed by atoms with E-state index < -0.39 is 10.0 Å². The van der Waals surface area contributed by atoms with Gasteiger partial charge >= 0.3 is 0 Å². The van der Waals surface area contributed by atoms with Crippen molar-refractivity contribution >= 4 is 21.6 Å². The Balaban J connectivity index is 2.30. The number of halogens is 2. The van der Waals surface area contributed by atoms with E-state index >= 15 is 0 Å². The van der Waals surface area contributed by atoms with Gasteiger partial charge in [0.2, 0.25) is 10.0 Å². The molecule has 0 aliphatic heterocycles. The minimum atomic E-state index is -3.96. The normalized spacial score (nSPS) is 11.4. The van der Waals surface area contributed by atoms with Gasteiger partial charge in [-0.1, -0.05) is 17.7 Å². The summed E-state index contributed by atoms with van der Waals surface area (Å²) in [6, 6.07) is 8.42. The van der Waals surface area contributed by atoms with E-state index in [2.05, 4.69) is 0 Å². The van der Waals surface area contributed by atoms with Gasteiger partial charge in [0, 0.05) is 5.02 Å². The van der Waals surface area contributed by atoms with Gasteiger partial charge in [-0.05, 0) is 48.4 Å². The molecule has 0 aliphatic carbocycles. The molecule has 0 heterocycles. The smallest absolute Gasteiger partial charge is 0.241 e. The number of rotatable bonds is 4. The summed E-state index contributed by atoms with van der Waals surface area (Å²) in [4.78, 5) is -0.205. The zero-order chi connectivity index (χ0) is 15.6. The highest BCUT2D eigenvalue weighted by Crippen LogP contribution is 2.27. The number of hydrogen-bond acceptors (Lipinski definition) is 3. The van der Waals surface area contributed by atoms with Crippen LogP contribution >= 0.6 is 11.6 Å². The van der Waals surface area contributed by atoms with E-state index in [4.69, 9.17) is 21.5 Å². The molecule has 0 saturated heterocycles. The Hall–Kier alpha value is -1.63. The first-order chi connectivity index (χ1) is 9.77. The van der Waals surface area contributed by atoms with E-state index in [0.29, 0.717) is 5.56 Å². The summed E-state index contributed by atoms with van der Waals surface area (Å²) in [6.45, 7) is 1.83. The Morgan fingerprint density at radius 3 is 2.62 bits per heavy atom. The molecule has 21 heavy (non-hydrogen) atoms. The lowest BCUT2D eigenvalue weighted by molar-refractivity contribution is 0.296. The molecule has 0 fully saturated rings. The molecule has 0 aliphatic rings. The van der Waals surface area contributed by atoms with Gasteiger partial charge in [-0.2, -0.15) is 0 Å². The Labute approximate surface area is 127 Å². The van der Waals surface area contributed by atoms with Gasteiger partial charge in [-0.3, -0.25) is 0 Å². The van der Waals surface area contributed by atoms with Crippen LogP contribution in [0.25, 0.3) is 0 Å². The van der Waals surface area contributed by atoms with E-state index in [-0.39, 0.29) is 28.1 Å². The topological polar surface area (TPSA) is 69.4 Å². The fourth-order valence-corrected chi connectivity index (χ4v) is 2.71.